The summed E-state index contributed by atoms with van der Waals surface area (Å²) in [6.07, 6.45) is 1.60. The lowest BCUT2D eigenvalue weighted by molar-refractivity contribution is 0.421. The second-order valence-corrected chi connectivity index (χ2v) is 5.13. The van der Waals surface area contributed by atoms with Crippen molar-refractivity contribution in [3.63, 3.8) is 0 Å². The molecule has 134 valence electrons. The Labute approximate surface area is 148 Å². The normalized spacial score (nSPS) is 9.17. The second kappa shape index (κ2) is 12.6. The van der Waals surface area contributed by atoms with Gasteiger partial charge in [-0.3, -0.25) is 0 Å². The molecule has 0 amide bonds. The van der Waals surface area contributed by atoms with Gasteiger partial charge >= 0.3 is 0 Å². The molecule has 6 heteroatoms. The summed E-state index contributed by atoms with van der Waals surface area (Å²) < 4.78 is 34.8. The number of hydrogen-bond donors (Lipinski definition) is 1. The van der Waals surface area contributed by atoms with Crippen LogP contribution in [0.5, 0.6) is 11.6 Å². The lowest BCUT2D eigenvalue weighted by atomic mass is 10.3. The first-order chi connectivity index (χ1) is 11.6. The summed E-state index contributed by atoms with van der Waals surface area (Å²) in [5, 5.41) is 0. The Morgan fingerprint density at radius 1 is 1.12 bits per heavy atom. The lowest BCUT2D eigenvalue weighted by Gasteiger charge is -2.10. The smallest absolute Gasteiger partial charge is 0.222 e. The molecule has 0 atom stereocenters. The fraction of sp³-hybridized carbons (Fsp3) is 0.389. The van der Waals surface area contributed by atoms with Crippen molar-refractivity contribution in [3.8, 4) is 11.6 Å². The molecule has 2 aromatic rings. The fourth-order valence-corrected chi connectivity index (χ4v) is 1.97. The highest BCUT2D eigenvalue weighted by Gasteiger charge is 2.09. The second-order valence-electron chi connectivity index (χ2n) is 4.06. The zero-order chi connectivity index (χ0) is 18.5. The van der Waals surface area contributed by atoms with Crippen LogP contribution in [0.4, 0.5) is 14.5 Å². The third-order valence-electron chi connectivity index (χ3n) is 2.47. The fourth-order valence-electron chi connectivity index (χ4n) is 1.54. The van der Waals surface area contributed by atoms with E-state index in [1.54, 1.807) is 18.1 Å². The maximum atomic E-state index is 13.5. The highest BCUT2D eigenvalue weighted by atomic mass is 32.2. The van der Waals surface area contributed by atoms with Crippen molar-refractivity contribution in [3.05, 3.63) is 47.7 Å². The van der Waals surface area contributed by atoms with Gasteiger partial charge in [-0.05, 0) is 25.1 Å². The van der Waals surface area contributed by atoms with Gasteiger partial charge in [0.25, 0.3) is 0 Å². The van der Waals surface area contributed by atoms with Gasteiger partial charge in [0.1, 0.15) is 5.82 Å². The SMILES string of the molecule is CC.CC.CCSNc1cnc(Oc2ccc(F)cc2F)c(C)c1. The third kappa shape index (κ3) is 7.17. The zero-order valence-electron chi connectivity index (χ0n) is 15.1. The highest BCUT2D eigenvalue weighted by molar-refractivity contribution is 8.00. The van der Waals surface area contributed by atoms with Gasteiger partial charge in [0.15, 0.2) is 11.6 Å². The third-order valence-corrected chi connectivity index (χ3v) is 3.13. The number of anilines is 1. The Kier molecular flexibility index (Phi) is 11.6. The minimum atomic E-state index is -0.755. The lowest BCUT2D eigenvalue weighted by Crippen LogP contribution is -1.96. The van der Waals surface area contributed by atoms with E-state index in [-0.39, 0.29) is 5.75 Å². The molecule has 0 saturated carbocycles. The van der Waals surface area contributed by atoms with Crippen molar-refractivity contribution in [2.75, 3.05) is 10.5 Å². The van der Waals surface area contributed by atoms with Crippen LogP contribution in [0.1, 0.15) is 40.2 Å². The van der Waals surface area contributed by atoms with Gasteiger partial charge < -0.3 is 9.46 Å². The number of aromatic nitrogens is 1. The predicted octanol–water partition coefficient (Wildman–Crippen LogP) is 6.59. The molecule has 0 unspecified atom stereocenters. The Bertz CT molecular complexity index is 610. The van der Waals surface area contributed by atoms with Gasteiger partial charge in [-0.2, -0.15) is 0 Å². The van der Waals surface area contributed by atoms with Gasteiger partial charge in [-0.15, -0.1) is 0 Å². The minimum Gasteiger partial charge on any atom is -0.436 e. The number of ether oxygens (including phenoxy) is 1. The number of pyridine rings is 1. The van der Waals surface area contributed by atoms with Crippen LogP contribution in [0, 0.1) is 18.6 Å². The maximum Gasteiger partial charge on any atom is 0.222 e. The topological polar surface area (TPSA) is 34.2 Å². The molecule has 1 N–H and O–H groups in total. The Morgan fingerprint density at radius 3 is 2.33 bits per heavy atom. The highest BCUT2D eigenvalue weighted by Crippen LogP contribution is 2.27. The summed E-state index contributed by atoms with van der Waals surface area (Å²) in [7, 11) is 0. The van der Waals surface area contributed by atoms with Crippen molar-refractivity contribution in [1.82, 2.24) is 4.98 Å². The van der Waals surface area contributed by atoms with Crippen molar-refractivity contribution in [2.45, 2.75) is 41.5 Å². The average Bonchev–Trinajstić information content (AvgIpc) is 2.61. The first-order valence-electron chi connectivity index (χ1n) is 8.07. The van der Waals surface area contributed by atoms with Crippen LogP contribution in [0.3, 0.4) is 0 Å². The summed E-state index contributed by atoms with van der Waals surface area (Å²) >= 11 is 1.55. The Hall–Kier alpha value is -1.82. The predicted molar refractivity (Wildman–Crippen MR) is 99.9 cm³/mol. The van der Waals surface area contributed by atoms with Crippen molar-refractivity contribution in [2.24, 2.45) is 0 Å². The van der Waals surface area contributed by atoms with E-state index in [0.717, 1.165) is 29.1 Å². The number of nitrogens with one attached hydrogen (secondary N) is 1. The van der Waals surface area contributed by atoms with Crippen LogP contribution in [0.15, 0.2) is 30.5 Å². The van der Waals surface area contributed by atoms with Crippen LogP contribution in [-0.2, 0) is 0 Å². The van der Waals surface area contributed by atoms with E-state index in [2.05, 4.69) is 9.71 Å². The summed E-state index contributed by atoms with van der Waals surface area (Å²) in [5.41, 5.74) is 1.61. The van der Waals surface area contributed by atoms with E-state index in [9.17, 15) is 8.78 Å². The first-order valence-corrected chi connectivity index (χ1v) is 9.06. The van der Waals surface area contributed by atoms with Crippen molar-refractivity contribution >= 4 is 17.6 Å². The van der Waals surface area contributed by atoms with E-state index in [0.29, 0.717) is 5.88 Å². The summed E-state index contributed by atoms with van der Waals surface area (Å²) in [5.74, 6) is -0.225. The molecule has 2 rings (SSSR count). The largest absolute Gasteiger partial charge is 0.436 e. The minimum absolute atomic E-state index is 0.0503. The molecule has 0 aliphatic carbocycles. The zero-order valence-corrected chi connectivity index (χ0v) is 15.9. The van der Waals surface area contributed by atoms with Crippen molar-refractivity contribution in [1.29, 1.82) is 0 Å². The van der Waals surface area contributed by atoms with Gasteiger partial charge in [0.05, 0.1) is 11.9 Å². The molecule has 1 aromatic carbocycles. The van der Waals surface area contributed by atoms with E-state index in [4.69, 9.17) is 4.74 Å². The Morgan fingerprint density at radius 2 is 1.79 bits per heavy atom. The molecule has 0 saturated heterocycles. The van der Waals surface area contributed by atoms with Gasteiger partial charge in [-0.25, -0.2) is 13.8 Å². The monoisotopic (exact) mass is 356 g/mol. The van der Waals surface area contributed by atoms with Crippen LogP contribution >= 0.6 is 11.9 Å². The summed E-state index contributed by atoms with van der Waals surface area (Å²) in [6, 6.07) is 5.01. The van der Waals surface area contributed by atoms with Crippen LogP contribution in [0.2, 0.25) is 0 Å². The molecule has 0 fully saturated rings. The quantitative estimate of drug-likeness (QED) is 0.613. The van der Waals surface area contributed by atoms with Crippen LogP contribution < -0.4 is 9.46 Å². The molecular formula is C18H26F2N2OS. The number of hydrogen-bond acceptors (Lipinski definition) is 4. The molecular weight excluding hydrogens is 330 g/mol. The summed E-state index contributed by atoms with van der Waals surface area (Å²) in [4.78, 5) is 4.13. The molecule has 1 heterocycles. The van der Waals surface area contributed by atoms with Gasteiger partial charge in [-0.1, -0.05) is 46.6 Å². The van der Waals surface area contributed by atoms with Gasteiger partial charge in [0, 0.05) is 17.4 Å². The number of rotatable bonds is 5. The average molecular weight is 356 g/mol. The van der Waals surface area contributed by atoms with E-state index < -0.39 is 11.6 Å². The molecule has 1 aromatic heterocycles. The van der Waals surface area contributed by atoms with Gasteiger partial charge in [0.2, 0.25) is 5.88 Å². The molecule has 24 heavy (non-hydrogen) atoms. The molecule has 0 radical (unpaired) electrons. The summed E-state index contributed by atoms with van der Waals surface area (Å²) in [6.45, 7) is 11.8. The first kappa shape index (κ1) is 22.2. The number of nitrogens with zero attached hydrogens (tertiary/aromatic N) is 1. The van der Waals surface area contributed by atoms with Crippen molar-refractivity contribution < 1.29 is 13.5 Å². The number of halogens is 2. The number of benzene rings is 1. The van der Waals surface area contributed by atoms with E-state index >= 15 is 0 Å². The molecule has 0 aliphatic heterocycles. The molecule has 0 bridgehead atoms. The molecule has 0 spiro atoms. The van der Waals surface area contributed by atoms with Crippen LogP contribution in [0.25, 0.3) is 0 Å². The number of aryl methyl sites for hydroxylation is 1. The maximum absolute atomic E-state index is 13.5. The standard InChI is InChI=1S/C14H14F2N2OS.2C2H6/c1-3-20-18-11-6-9(2)14(17-8-11)19-13-5-4-10(15)7-12(13)16;2*1-2/h4-8,18H,3H2,1-2H3;2*1-2H3. The van der Waals surface area contributed by atoms with Crippen LogP contribution in [-0.4, -0.2) is 10.7 Å². The molecule has 0 aliphatic rings. The molecule has 3 nitrogen and oxygen atoms in total. The van der Waals surface area contributed by atoms with E-state index in [1.807, 2.05) is 47.6 Å². The Balaban J connectivity index is 0.00000123. The van der Waals surface area contributed by atoms with E-state index in [1.165, 1.54) is 6.07 Å².